The van der Waals surface area contributed by atoms with Gasteiger partial charge in [-0.25, -0.2) is 4.98 Å². The average Bonchev–Trinajstić information content (AvgIpc) is 2.90. The van der Waals surface area contributed by atoms with E-state index in [4.69, 9.17) is 5.73 Å². The summed E-state index contributed by atoms with van der Waals surface area (Å²) in [6.45, 7) is 2.99. The highest BCUT2D eigenvalue weighted by molar-refractivity contribution is 7.15. The van der Waals surface area contributed by atoms with E-state index < -0.39 is 0 Å². The summed E-state index contributed by atoms with van der Waals surface area (Å²) in [4.78, 5) is 19.0. The summed E-state index contributed by atoms with van der Waals surface area (Å²) in [6.07, 6.45) is 3.99. The van der Waals surface area contributed by atoms with Gasteiger partial charge in [0, 0.05) is 44.0 Å². The third kappa shape index (κ3) is 2.12. The number of nitrogens with one attached hydrogen (secondary N) is 1. The fourth-order valence-electron chi connectivity index (χ4n) is 2.28. The molecule has 3 N–H and O–H groups in total. The number of hydrogen-bond donors (Lipinski definition) is 2. The lowest BCUT2D eigenvalue weighted by atomic mass is 10.1. The Morgan fingerprint density at radius 3 is 3.33 bits per heavy atom. The van der Waals surface area contributed by atoms with Crippen LogP contribution < -0.4 is 11.1 Å². The zero-order valence-corrected chi connectivity index (χ0v) is 10.7. The van der Waals surface area contributed by atoms with Crippen LogP contribution in [-0.2, 0) is 11.3 Å². The molecule has 1 fully saturated rings. The van der Waals surface area contributed by atoms with Crippen molar-refractivity contribution in [2.24, 2.45) is 5.73 Å². The summed E-state index contributed by atoms with van der Waals surface area (Å²) in [5.74, 6) is -0.275. The summed E-state index contributed by atoms with van der Waals surface area (Å²) in [7, 11) is 0. The van der Waals surface area contributed by atoms with Crippen molar-refractivity contribution in [3.8, 4) is 0 Å². The molecule has 1 atom stereocenters. The number of primary amides is 1. The molecule has 18 heavy (non-hydrogen) atoms. The largest absolute Gasteiger partial charge is 0.368 e. The standard InChI is InChI=1S/C11H15N5OS/c12-10(17)9-5-13-1-2-15(9)6-8-7-16-3-4-18-11(16)14-8/h3-4,7,9,13H,1-2,5-6H2,(H2,12,17). The molecule has 1 unspecified atom stereocenters. The van der Waals surface area contributed by atoms with E-state index in [1.54, 1.807) is 11.3 Å². The predicted octanol–water partition coefficient (Wildman–Crippen LogP) is -0.345. The Hall–Kier alpha value is -1.44. The summed E-state index contributed by atoms with van der Waals surface area (Å²) in [6, 6.07) is -0.238. The number of aromatic nitrogens is 2. The van der Waals surface area contributed by atoms with Gasteiger partial charge >= 0.3 is 0 Å². The quantitative estimate of drug-likeness (QED) is 0.796. The molecule has 2 aromatic heterocycles. The van der Waals surface area contributed by atoms with Gasteiger partial charge in [-0.1, -0.05) is 0 Å². The topological polar surface area (TPSA) is 75.7 Å². The van der Waals surface area contributed by atoms with E-state index in [9.17, 15) is 4.79 Å². The van der Waals surface area contributed by atoms with E-state index >= 15 is 0 Å². The number of hydrogen-bond acceptors (Lipinski definition) is 5. The molecule has 0 radical (unpaired) electrons. The van der Waals surface area contributed by atoms with Gasteiger partial charge in [-0.2, -0.15) is 0 Å². The van der Waals surface area contributed by atoms with Gasteiger partial charge in [0.05, 0.1) is 5.69 Å². The smallest absolute Gasteiger partial charge is 0.236 e. The van der Waals surface area contributed by atoms with Gasteiger partial charge < -0.3 is 11.1 Å². The minimum Gasteiger partial charge on any atom is -0.368 e. The second-order valence-electron chi connectivity index (χ2n) is 4.42. The first kappa shape index (κ1) is 11.6. The molecular formula is C11H15N5OS. The van der Waals surface area contributed by atoms with Gasteiger partial charge in [0.15, 0.2) is 4.96 Å². The van der Waals surface area contributed by atoms with Crippen molar-refractivity contribution < 1.29 is 4.79 Å². The van der Waals surface area contributed by atoms with E-state index in [0.717, 1.165) is 23.7 Å². The van der Waals surface area contributed by atoms with Crippen LogP contribution in [-0.4, -0.2) is 45.9 Å². The average molecular weight is 265 g/mol. The first-order valence-corrected chi connectivity index (χ1v) is 6.77. The number of carbonyl (C=O) groups excluding carboxylic acids is 1. The van der Waals surface area contributed by atoms with Gasteiger partial charge in [0.1, 0.15) is 6.04 Å². The fourth-order valence-corrected chi connectivity index (χ4v) is 3.00. The highest BCUT2D eigenvalue weighted by atomic mass is 32.1. The normalized spacial score (nSPS) is 21.4. The molecule has 6 nitrogen and oxygen atoms in total. The van der Waals surface area contributed by atoms with Gasteiger partial charge in [-0.3, -0.25) is 14.1 Å². The summed E-state index contributed by atoms with van der Waals surface area (Å²) >= 11 is 1.61. The monoisotopic (exact) mass is 265 g/mol. The number of nitrogens with two attached hydrogens (primary N) is 1. The Bertz CT molecular complexity index is 534. The number of nitrogens with zero attached hydrogens (tertiary/aromatic N) is 3. The van der Waals surface area contributed by atoms with Crippen molar-refractivity contribution in [2.75, 3.05) is 19.6 Å². The lowest BCUT2D eigenvalue weighted by Gasteiger charge is -2.33. The highest BCUT2D eigenvalue weighted by Crippen LogP contribution is 2.14. The first-order chi connectivity index (χ1) is 8.74. The van der Waals surface area contributed by atoms with Crippen molar-refractivity contribution in [1.29, 1.82) is 0 Å². The number of thiazole rings is 1. The third-order valence-electron chi connectivity index (χ3n) is 3.19. The van der Waals surface area contributed by atoms with E-state index in [1.165, 1.54) is 0 Å². The van der Waals surface area contributed by atoms with Gasteiger partial charge in [-0.05, 0) is 0 Å². The van der Waals surface area contributed by atoms with Crippen LogP contribution in [0.4, 0.5) is 0 Å². The Kier molecular flexibility index (Phi) is 3.02. The number of fused-ring (bicyclic) bond motifs is 1. The highest BCUT2D eigenvalue weighted by Gasteiger charge is 2.27. The summed E-state index contributed by atoms with van der Waals surface area (Å²) < 4.78 is 2.00. The molecule has 0 bridgehead atoms. The van der Waals surface area contributed by atoms with Gasteiger partial charge in [-0.15, -0.1) is 11.3 Å². The Morgan fingerprint density at radius 1 is 1.67 bits per heavy atom. The van der Waals surface area contributed by atoms with Crippen LogP contribution in [0.15, 0.2) is 17.8 Å². The number of carbonyl (C=O) groups is 1. The molecule has 1 amide bonds. The summed E-state index contributed by atoms with van der Waals surface area (Å²) in [5.41, 5.74) is 6.40. The Balaban J connectivity index is 1.77. The molecule has 96 valence electrons. The zero-order valence-electron chi connectivity index (χ0n) is 9.87. The van der Waals surface area contributed by atoms with E-state index in [-0.39, 0.29) is 11.9 Å². The minimum absolute atomic E-state index is 0.238. The van der Waals surface area contributed by atoms with Crippen LogP contribution in [0.3, 0.4) is 0 Å². The Labute approximate surface area is 108 Å². The summed E-state index contributed by atoms with van der Waals surface area (Å²) in [5, 5.41) is 5.19. The van der Waals surface area contributed by atoms with E-state index in [1.807, 2.05) is 22.2 Å². The van der Waals surface area contributed by atoms with Gasteiger partial charge in [0.2, 0.25) is 5.91 Å². The molecule has 3 heterocycles. The molecule has 0 saturated carbocycles. The molecule has 0 spiro atoms. The maximum Gasteiger partial charge on any atom is 0.236 e. The minimum atomic E-state index is -0.275. The first-order valence-electron chi connectivity index (χ1n) is 5.89. The Morgan fingerprint density at radius 2 is 2.56 bits per heavy atom. The SMILES string of the molecule is NC(=O)C1CNCCN1Cc1cn2ccsc2n1. The second kappa shape index (κ2) is 4.68. The zero-order chi connectivity index (χ0) is 12.5. The molecule has 0 aliphatic carbocycles. The van der Waals surface area contributed by atoms with Crippen LogP contribution in [0.2, 0.25) is 0 Å². The number of piperazine rings is 1. The van der Waals surface area contributed by atoms with E-state index in [0.29, 0.717) is 13.1 Å². The molecule has 7 heteroatoms. The molecular weight excluding hydrogens is 250 g/mol. The lowest BCUT2D eigenvalue weighted by Crippen LogP contribution is -2.56. The van der Waals surface area contributed by atoms with Crippen molar-refractivity contribution >= 4 is 22.2 Å². The molecule has 1 aliphatic rings. The van der Waals surface area contributed by atoms with Crippen LogP contribution in [0.5, 0.6) is 0 Å². The van der Waals surface area contributed by atoms with Crippen LogP contribution >= 0.6 is 11.3 Å². The molecule has 3 rings (SSSR count). The third-order valence-corrected chi connectivity index (χ3v) is 3.96. The number of imidazole rings is 1. The number of amides is 1. The lowest BCUT2D eigenvalue weighted by molar-refractivity contribution is -0.124. The number of rotatable bonds is 3. The van der Waals surface area contributed by atoms with Crippen LogP contribution in [0.25, 0.3) is 4.96 Å². The maximum atomic E-state index is 11.4. The van der Waals surface area contributed by atoms with Crippen molar-refractivity contribution in [3.05, 3.63) is 23.5 Å². The second-order valence-corrected chi connectivity index (χ2v) is 5.29. The van der Waals surface area contributed by atoms with Crippen molar-refractivity contribution in [3.63, 3.8) is 0 Å². The fraction of sp³-hybridized carbons (Fsp3) is 0.455. The van der Waals surface area contributed by atoms with Crippen LogP contribution in [0.1, 0.15) is 5.69 Å². The molecule has 2 aromatic rings. The maximum absolute atomic E-state index is 11.4. The van der Waals surface area contributed by atoms with Crippen LogP contribution in [0, 0.1) is 0 Å². The van der Waals surface area contributed by atoms with E-state index in [2.05, 4.69) is 15.2 Å². The van der Waals surface area contributed by atoms with Gasteiger partial charge in [0.25, 0.3) is 0 Å². The predicted molar refractivity (Wildman–Crippen MR) is 69.3 cm³/mol. The molecule has 1 saturated heterocycles. The van der Waals surface area contributed by atoms with Crippen molar-refractivity contribution in [1.82, 2.24) is 19.6 Å². The van der Waals surface area contributed by atoms with Crippen molar-refractivity contribution in [2.45, 2.75) is 12.6 Å². The molecule has 0 aromatic carbocycles. The molecule has 1 aliphatic heterocycles.